The van der Waals surface area contributed by atoms with Crippen LogP contribution in [0, 0.1) is 0 Å². The van der Waals surface area contributed by atoms with E-state index < -0.39 is 28.7 Å². The van der Waals surface area contributed by atoms with Gasteiger partial charge in [-0.05, 0) is 35.4 Å². The van der Waals surface area contributed by atoms with E-state index in [4.69, 9.17) is 11.6 Å². The molecule has 196 valence electrons. The van der Waals surface area contributed by atoms with Crippen LogP contribution >= 0.6 is 11.6 Å². The Morgan fingerprint density at radius 1 is 0.892 bits per heavy atom. The molecule has 0 saturated heterocycles. The van der Waals surface area contributed by atoms with E-state index in [1.54, 1.807) is 54.6 Å². The summed E-state index contributed by atoms with van der Waals surface area (Å²) in [4.78, 5) is 28.5. The molecule has 3 aromatic carbocycles. The van der Waals surface area contributed by atoms with Crippen LogP contribution in [0.4, 0.5) is 5.69 Å². The van der Waals surface area contributed by atoms with Gasteiger partial charge in [-0.15, -0.1) is 0 Å². The molecular formula is C27H31ClN4O4S. The average molecular weight is 543 g/mol. The first-order chi connectivity index (χ1) is 17.6. The second kappa shape index (κ2) is 12.7. The molecule has 3 aromatic rings. The minimum absolute atomic E-state index is 0.0644. The van der Waals surface area contributed by atoms with Crippen molar-refractivity contribution in [1.82, 2.24) is 14.5 Å². The van der Waals surface area contributed by atoms with E-state index in [0.717, 1.165) is 14.2 Å². The van der Waals surface area contributed by atoms with Gasteiger partial charge in [-0.2, -0.15) is 12.7 Å². The van der Waals surface area contributed by atoms with Crippen molar-refractivity contribution < 1.29 is 18.0 Å². The molecule has 0 aliphatic rings. The van der Waals surface area contributed by atoms with Crippen molar-refractivity contribution in [2.24, 2.45) is 0 Å². The van der Waals surface area contributed by atoms with Crippen LogP contribution in [0.15, 0.2) is 84.9 Å². The molecule has 0 fully saturated rings. The number of nitrogens with one attached hydrogen (secondary N) is 1. The van der Waals surface area contributed by atoms with E-state index in [1.807, 2.05) is 30.3 Å². The van der Waals surface area contributed by atoms with Gasteiger partial charge in [0, 0.05) is 39.1 Å². The molecule has 0 saturated carbocycles. The Kier molecular flexibility index (Phi) is 9.68. The van der Waals surface area contributed by atoms with Gasteiger partial charge in [-0.1, -0.05) is 72.3 Å². The van der Waals surface area contributed by atoms with Gasteiger partial charge in [0.05, 0.1) is 5.69 Å². The average Bonchev–Trinajstić information content (AvgIpc) is 2.89. The standard InChI is InChI=1S/C27H31ClN4O4S/c1-29-27(34)25(18-21-11-6-4-7-12-21)31(19-22-13-10-14-23(28)17-22)26(33)20-32(37(35,36)30(2)3)24-15-8-5-9-16-24/h4-17,25H,18-20H2,1-3H3,(H,29,34)/t25-/m1/s1. The van der Waals surface area contributed by atoms with E-state index in [2.05, 4.69) is 5.32 Å². The minimum Gasteiger partial charge on any atom is -0.357 e. The summed E-state index contributed by atoms with van der Waals surface area (Å²) < 4.78 is 28.6. The van der Waals surface area contributed by atoms with Gasteiger partial charge in [0.25, 0.3) is 0 Å². The first-order valence-electron chi connectivity index (χ1n) is 11.7. The molecule has 37 heavy (non-hydrogen) atoms. The van der Waals surface area contributed by atoms with Crippen molar-refractivity contribution in [3.8, 4) is 0 Å². The number of carbonyl (C=O) groups excluding carboxylic acids is 2. The maximum Gasteiger partial charge on any atom is 0.304 e. The summed E-state index contributed by atoms with van der Waals surface area (Å²) in [6.07, 6.45) is 0.249. The predicted molar refractivity (Wildman–Crippen MR) is 146 cm³/mol. The molecule has 3 rings (SSSR count). The van der Waals surface area contributed by atoms with Crippen molar-refractivity contribution >= 4 is 39.3 Å². The number of nitrogens with zero attached hydrogens (tertiary/aromatic N) is 3. The second-order valence-electron chi connectivity index (χ2n) is 8.60. The monoisotopic (exact) mass is 542 g/mol. The first kappa shape index (κ1) is 28.2. The Bertz CT molecular complexity index is 1300. The maximum atomic E-state index is 13.9. The zero-order chi connectivity index (χ0) is 27.0. The number of para-hydroxylation sites is 1. The second-order valence-corrected chi connectivity index (χ2v) is 11.1. The highest BCUT2D eigenvalue weighted by Crippen LogP contribution is 2.22. The fourth-order valence-corrected chi connectivity index (χ4v) is 5.13. The number of carbonyl (C=O) groups is 2. The van der Waals surface area contributed by atoms with E-state index in [0.29, 0.717) is 16.3 Å². The molecule has 0 heterocycles. The summed E-state index contributed by atoms with van der Waals surface area (Å²) in [6, 6.07) is 23.9. The molecule has 8 nitrogen and oxygen atoms in total. The normalized spacial score (nSPS) is 12.1. The predicted octanol–water partition coefficient (Wildman–Crippen LogP) is 3.34. The zero-order valence-electron chi connectivity index (χ0n) is 21.0. The number of halogens is 1. The first-order valence-corrected chi connectivity index (χ1v) is 13.5. The van der Waals surface area contributed by atoms with Crippen molar-refractivity contribution in [3.63, 3.8) is 0 Å². The van der Waals surface area contributed by atoms with Crippen molar-refractivity contribution in [2.75, 3.05) is 32.0 Å². The lowest BCUT2D eigenvalue weighted by molar-refractivity contribution is -0.139. The zero-order valence-corrected chi connectivity index (χ0v) is 22.6. The Morgan fingerprint density at radius 3 is 2.05 bits per heavy atom. The van der Waals surface area contributed by atoms with Gasteiger partial charge in [-0.3, -0.25) is 9.59 Å². The minimum atomic E-state index is -4.01. The summed E-state index contributed by atoms with van der Waals surface area (Å²) >= 11 is 6.19. The van der Waals surface area contributed by atoms with Gasteiger partial charge in [0.15, 0.2) is 0 Å². The molecule has 0 spiro atoms. The van der Waals surface area contributed by atoms with Crippen LogP contribution in [0.2, 0.25) is 5.02 Å². The van der Waals surface area contributed by atoms with Gasteiger partial charge in [-0.25, -0.2) is 4.31 Å². The summed E-state index contributed by atoms with van der Waals surface area (Å²) in [5.74, 6) is -0.889. The summed E-state index contributed by atoms with van der Waals surface area (Å²) in [7, 11) is 0.306. The molecule has 1 N–H and O–H groups in total. The smallest absolute Gasteiger partial charge is 0.304 e. The number of likely N-dealkylation sites (N-methyl/N-ethyl adjacent to an activating group) is 1. The van der Waals surface area contributed by atoms with Gasteiger partial charge in [0.2, 0.25) is 11.8 Å². The van der Waals surface area contributed by atoms with Crippen molar-refractivity contribution in [2.45, 2.75) is 19.0 Å². The number of amides is 2. The number of rotatable bonds is 11. The fraction of sp³-hybridized carbons (Fsp3) is 0.259. The van der Waals surface area contributed by atoms with Gasteiger partial charge >= 0.3 is 10.2 Å². The molecule has 1 atom stereocenters. The van der Waals surface area contributed by atoms with Crippen LogP contribution in [0.5, 0.6) is 0 Å². The maximum absolute atomic E-state index is 13.9. The Hall–Kier alpha value is -3.40. The van der Waals surface area contributed by atoms with Crippen LogP contribution in [0.1, 0.15) is 11.1 Å². The van der Waals surface area contributed by atoms with Gasteiger partial charge < -0.3 is 10.2 Å². The van der Waals surface area contributed by atoms with E-state index >= 15 is 0 Å². The number of hydrogen-bond donors (Lipinski definition) is 1. The highest BCUT2D eigenvalue weighted by atomic mass is 35.5. The van der Waals surface area contributed by atoms with Crippen LogP contribution in [0.3, 0.4) is 0 Å². The van der Waals surface area contributed by atoms with E-state index in [1.165, 1.54) is 26.0 Å². The lowest BCUT2D eigenvalue weighted by atomic mass is 10.0. The Morgan fingerprint density at radius 2 is 1.49 bits per heavy atom. The topological polar surface area (TPSA) is 90.0 Å². The quantitative estimate of drug-likeness (QED) is 0.402. The Balaban J connectivity index is 2.05. The van der Waals surface area contributed by atoms with Crippen LogP contribution in [0.25, 0.3) is 0 Å². The molecule has 0 bridgehead atoms. The Labute approximate surface area is 223 Å². The van der Waals surface area contributed by atoms with Crippen LogP contribution in [-0.4, -0.2) is 63.2 Å². The number of benzene rings is 3. The molecule has 0 unspecified atom stereocenters. The molecule has 0 radical (unpaired) electrons. The lowest BCUT2D eigenvalue weighted by Crippen LogP contribution is -2.53. The lowest BCUT2D eigenvalue weighted by Gasteiger charge is -2.34. The van der Waals surface area contributed by atoms with E-state index in [9.17, 15) is 18.0 Å². The summed E-state index contributed by atoms with van der Waals surface area (Å²) in [6.45, 7) is -0.428. The third-order valence-electron chi connectivity index (χ3n) is 5.82. The number of hydrogen-bond acceptors (Lipinski definition) is 4. The fourth-order valence-electron chi connectivity index (χ4n) is 3.86. The van der Waals surface area contributed by atoms with Crippen LogP contribution in [-0.2, 0) is 32.8 Å². The van der Waals surface area contributed by atoms with Crippen molar-refractivity contribution in [3.05, 3.63) is 101 Å². The largest absolute Gasteiger partial charge is 0.357 e. The summed E-state index contributed by atoms with van der Waals surface area (Å²) in [5.41, 5.74) is 1.91. The highest BCUT2D eigenvalue weighted by molar-refractivity contribution is 7.90. The SMILES string of the molecule is CNC(=O)[C@@H](Cc1ccccc1)N(Cc1cccc(Cl)c1)C(=O)CN(c1ccccc1)S(=O)(=O)N(C)C. The highest BCUT2D eigenvalue weighted by Gasteiger charge is 2.34. The van der Waals surface area contributed by atoms with Gasteiger partial charge in [0.1, 0.15) is 12.6 Å². The number of anilines is 1. The molecule has 0 aromatic heterocycles. The molecule has 0 aliphatic carbocycles. The van der Waals surface area contributed by atoms with Crippen LogP contribution < -0.4 is 9.62 Å². The molecule has 2 amide bonds. The third kappa shape index (κ3) is 7.31. The third-order valence-corrected chi connectivity index (χ3v) is 7.88. The molecule has 0 aliphatic heterocycles. The molecule has 10 heteroatoms. The summed E-state index contributed by atoms with van der Waals surface area (Å²) in [5, 5.41) is 3.14. The molecular weight excluding hydrogens is 512 g/mol. The van der Waals surface area contributed by atoms with E-state index in [-0.39, 0.29) is 18.9 Å². The van der Waals surface area contributed by atoms with Crippen molar-refractivity contribution in [1.29, 1.82) is 0 Å².